The Kier molecular flexibility index (Phi) is 8.73. The second kappa shape index (κ2) is 11.2. The highest BCUT2D eigenvalue weighted by Crippen LogP contribution is 2.43. The maximum absolute atomic E-state index is 12.5. The van der Waals surface area contributed by atoms with Crippen molar-refractivity contribution < 1.29 is 36.3 Å². The Morgan fingerprint density at radius 1 is 1.14 bits per heavy atom. The zero-order valence-electron chi connectivity index (χ0n) is 18.3. The molecule has 2 N–H and O–H groups in total. The highest BCUT2D eigenvalue weighted by molar-refractivity contribution is 8.01. The van der Waals surface area contributed by atoms with Crippen molar-refractivity contribution in [3.05, 3.63) is 47.0 Å². The molecular formula is C22H22ClF3N2O5S2. The van der Waals surface area contributed by atoms with Crippen LogP contribution in [0.5, 0.6) is 0 Å². The fourth-order valence-corrected chi connectivity index (χ4v) is 6.21. The van der Waals surface area contributed by atoms with Gasteiger partial charge in [-0.2, -0.15) is 21.6 Å². The van der Waals surface area contributed by atoms with Gasteiger partial charge in [-0.05, 0) is 60.5 Å². The number of aliphatic carboxylic acids is 1. The molecule has 13 heteroatoms. The smallest absolute Gasteiger partial charge is 0.475 e. The summed E-state index contributed by atoms with van der Waals surface area (Å²) in [4.78, 5) is 23.4. The molecule has 7 nitrogen and oxygen atoms in total. The molecule has 190 valence electrons. The molecule has 2 aromatic carbocycles. The predicted octanol–water partition coefficient (Wildman–Crippen LogP) is 3.57. The van der Waals surface area contributed by atoms with E-state index in [0.717, 1.165) is 36.7 Å². The first-order valence-electron chi connectivity index (χ1n) is 10.5. The van der Waals surface area contributed by atoms with Crippen LogP contribution in [0, 0.1) is 0 Å². The quantitative estimate of drug-likeness (QED) is 0.443. The Labute approximate surface area is 210 Å². The summed E-state index contributed by atoms with van der Waals surface area (Å²) in [5, 5.41) is 13.0. The molecule has 2 aliphatic rings. The molecule has 0 unspecified atom stereocenters. The third kappa shape index (κ3) is 6.69. The maximum Gasteiger partial charge on any atom is 0.490 e. The van der Waals surface area contributed by atoms with Crippen LogP contribution in [-0.4, -0.2) is 71.6 Å². The average molecular weight is 551 g/mol. The van der Waals surface area contributed by atoms with Crippen LogP contribution in [0.3, 0.4) is 0 Å². The molecule has 1 spiro atoms. The Hall–Kier alpha value is -2.28. The Bertz CT molecular complexity index is 1250. The number of carbonyl (C=O) groups is 2. The van der Waals surface area contributed by atoms with Gasteiger partial charge in [0, 0.05) is 18.0 Å². The standard InChI is InChI=1S/C20H21ClN2O3S2.C2HF3O2/c21-17-4-3-14-11-16(2-1-15(14)12-17)18(28(25)26)5-10-23-19(24)13-27-20(23)6-8-22-9-7-20;3-2(4,5)1(6)7/h1-4,11-12,22H,5-10,13H2;(H,6,7). The van der Waals surface area contributed by atoms with E-state index in [1.54, 1.807) is 17.8 Å². The van der Waals surface area contributed by atoms with Crippen molar-refractivity contribution in [1.29, 1.82) is 0 Å². The zero-order chi connectivity index (χ0) is 25.8. The van der Waals surface area contributed by atoms with Crippen molar-refractivity contribution in [2.45, 2.75) is 30.3 Å². The van der Waals surface area contributed by atoms with E-state index >= 15 is 0 Å². The number of carboxylic acid groups (broad SMARTS) is 1. The Balaban J connectivity index is 0.000000429. The molecule has 35 heavy (non-hydrogen) atoms. The van der Waals surface area contributed by atoms with E-state index in [2.05, 4.69) is 5.32 Å². The van der Waals surface area contributed by atoms with Crippen molar-refractivity contribution in [1.82, 2.24) is 10.2 Å². The van der Waals surface area contributed by atoms with Gasteiger partial charge in [-0.3, -0.25) is 4.79 Å². The summed E-state index contributed by atoms with van der Waals surface area (Å²) in [7, 11) is -2.35. The summed E-state index contributed by atoms with van der Waals surface area (Å²) < 4.78 is 55.7. The first kappa shape index (κ1) is 27.3. The number of rotatable bonds is 4. The number of benzene rings is 2. The van der Waals surface area contributed by atoms with Crippen molar-refractivity contribution in [3.63, 3.8) is 0 Å². The number of carboxylic acids is 1. The van der Waals surface area contributed by atoms with Gasteiger partial charge in [-0.1, -0.05) is 29.8 Å². The lowest BCUT2D eigenvalue weighted by Gasteiger charge is -2.40. The lowest BCUT2D eigenvalue weighted by atomic mass is 10.0. The fourth-order valence-electron chi connectivity index (χ4n) is 4.07. The van der Waals surface area contributed by atoms with Gasteiger partial charge in [0.25, 0.3) is 0 Å². The fraction of sp³-hybridized carbons (Fsp3) is 0.409. The number of thioether (sulfide) groups is 1. The maximum atomic E-state index is 12.5. The molecule has 2 aliphatic heterocycles. The Morgan fingerprint density at radius 3 is 2.34 bits per heavy atom. The topological polar surface area (TPSA) is 104 Å². The number of fused-ring (bicyclic) bond motifs is 1. The number of carbonyl (C=O) groups excluding carboxylic acids is 1. The second-order valence-electron chi connectivity index (χ2n) is 7.95. The summed E-state index contributed by atoms with van der Waals surface area (Å²) >= 11 is 7.73. The first-order valence-corrected chi connectivity index (χ1v) is 13.0. The summed E-state index contributed by atoms with van der Waals surface area (Å²) in [6.45, 7) is 2.19. The van der Waals surface area contributed by atoms with Crippen LogP contribution in [0.1, 0.15) is 24.8 Å². The molecule has 0 aliphatic carbocycles. The van der Waals surface area contributed by atoms with Crippen molar-refractivity contribution in [3.8, 4) is 0 Å². The molecular weight excluding hydrogens is 529 g/mol. The summed E-state index contributed by atoms with van der Waals surface area (Å²) in [5.74, 6) is -2.17. The van der Waals surface area contributed by atoms with Crippen LogP contribution in [0.15, 0.2) is 36.4 Å². The van der Waals surface area contributed by atoms with E-state index in [1.807, 2.05) is 35.2 Å². The van der Waals surface area contributed by atoms with Crippen LogP contribution in [0.25, 0.3) is 10.8 Å². The molecule has 0 saturated carbocycles. The van der Waals surface area contributed by atoms with Gasteiger partial charge in [0.2, 0.25) is 16.2 Å². The number of hydrogen-bond acceptors (Lipinski definition) is 6. The summed E-state index contributed by atoms with van der Waals surface area (Å²) in [5.41, 5.74) is 0.668. The number of alkyl halides is 3. The summed E-state index contributed by atoms with van der Waals surface area (Å²) in [6, 6.07) is 11.1. The molecule has 2 aromatic rings. The molecule has 2 fully saturated rings. The number of halogens is 4. The lowest BCUT2D eigenvalue weighted by molar-refractivity contribution is -0.192. The average Bonchev–Trinajstić information content (AvgIpc) is 3.08. The molecule has 0 aromatic heterocycles. The van der Waals surface area contributed by atoms with Gasteiger partial charge < -0.3 is 15.3 Å². The van der Waals surface area contributed by atoms with Gasteiger partial charge in [-0.25, -0.2) is 4.79 Å². The lowest BCUT2D eigenvalue weighted by Crippen LogP contribution is -2.51. The molecule has 2 heterocycles. The van der Waals surface area contributed by atoms with Gasteiger partial charge in [0.15, 0.2) is 0 Å². The van der Waals surface area contributed by atoms with E-state index in [1.165, 1.54) is 0 Å². The normalized spacial score (nSPS) is 17.3. The largest absolute Gasteiger partial charge is 0.490 e. The Morgan fingerprint density at radius 2 is 1.74 bits per heavy atom. The number of piperidine rings is 1. The monoisotopic (exact) mass is 550 g/mol. The third-order valence-corrected chi connectivity index (χ3v) is 8.41. The van der Waals surface area contributed by atoms with Crippen molar-refractivity contribution >= 4 is 61.2 Å². The number of nitrogens with zero attached hydrogens (tertiary/aromatic N) is 1. The molecule has 0 atom stereocenters. The first-order chi connectivity index (χ1) is 16.4. The highest BCUT2D eigenvalue weighted by Gasteiger charge is 2.46. The van der Waals surface area contributed by atoms with Crippen LogP contribution in [-0.2, 0) is 19.9 Å². The van der Waals surface area contributed by atoms with E-state index in [-0.39, 0.29) is 10.8 Å². The van der Waals surface area contributed by atoms with Crippen LogP contribution in [0.4, 0.5) is 13.2 Å². The molecule has 0 bridgehead atoms. The van der Waals surface area contributed by atoms with Gasteiger partial charge >= 0.3 is 12.1 Å². The summed E-state index contributed by atoms with van der Waals surface area (Å²) in [6.07, 6.45) is -2.97. The zero-order valence-corrected chi connectivity index (χ0v) is 20.7. The molecule has 2 saturated heterocycles. The van der Waals surface area contributed by atoms with E-state index in [9.17, 15) is 26.4 Å². The van der Waals surface area contributed by atoms with Crippen LogP contribution < -0.4 is 5.32 Å². The van der Waals surface area contributed by atoms with Crippen molar-refractivity contribution in [2.75, 3.05) is 25.4 Å². The van der Waals surface area contributed by atoms with Gasteiger partial charge in [0.05, 0.1) is 15.5 Å². The van der Waals surface area contributed by atoms with Crippen LogP contribution in [0.2, 0.25) is 5.02 Å². The number of hydrogen-bond donors (Lipinski definition) is 2. The molecule has 0 radical (unpaired) electrons. The minimum atomic E-state index is -5.08. The molecule has 1 amide bonds. The van der Waals surface area contributed by atoms with Crippen molar-refractivity contribution in [2.24, 2.45) is 0 Å². The number of nitrogens with one attached hydrogen (secondary N) is 1. The van der Waals surface area contributed by atoms with E-state index < -0.39 is 22.4 Å². The molecule has 4 rings (SSSR count). The van der Waals surface area contributed by atoms with Gasteiger partial charge in [0.1, 0.15) is 0 Å². The van der Waals surface area contributed by atoms with E-state index in [4.69, 9.17) is 21.5 Å². The SMILES string of the molecule is O=C(O)C(F)(F)F.O=C1CSC2(CCNCC2)N1CCC(c1ccc2cc(Cl)ccc2c1)=S(=O)=O. The second-order valence-corrected chi connectivity index (χ2v) is 10.7. The van der Waals surface area contributed by atoms with Gasteiger partial charge in [-0.15, -0.1) is 11.8 Å². The predicted molar refractivity (Wildman–Crippen MR) is 129 cm³/mol. The third-order valence-electron chi connectivity index (χ3n) is 5.77. The minimum absolute atomic E-state index is 0.107. The number of amides is 1. The highest BCUT2D eigenvalue weighted by atomic mass is 35.5. The van der Waals surface area contributed by atoms with E-state index in [0.29, 0.717) is 34.2 Å². The van der Waals surface area contributed by atoms with Crippen LogP contribution >= 0.6 is 23.4 Å². The minimum Gasteiger partial charge on any atom is -0.475 e.